The van der Waals surface area contributed by atoms with Crippen LogP contribution >= 0.6 is 0 Å². The van der Waals surface area contributed by atoms with Gasteiger partial charge in [-0.05, 0) is 37.1 Å². The minimum Gasteiger partial charge on any atom is -0.497 e. The summed E-state index contributed by atoms with van der Waals surface area (Å²) < 4.78 is 5.20. The van der Waals surface area contributed by atoms with Gasteiger partial charge in [-0.15, -0.1) is 0 Å². The highest BCUT2D eigenvalue weighted by Gasteiger charge is 2.32. The highest BCUT2D eigenvalue weighted by Crippen LogP contribution is 2.25. The van der Waals surface area contributed by atoms with Gasteiger partial charge in [0, 0.05) is 30.4 Å². The van der Waals surface area contributed by atoms with Crippen LogP contribution in [0.1, 0.15) is 35.0 Å². The molecule has 2 aromatic rings. The lowest BCUT2D eigenvalue weighted by Gasteiger charge is -2.18. The molecule has 0 aliphatic carbocycles. The number of aromatic amines is 1. The van der Waals surface area contributed by atoms with Crippen molar-refractivity contribution in [1.82, 2.24) is 10.3 Å². The van der Waals surface area contributed by atoms with E-state index in [-0.39, 0.29) is 23.9 Å². The third-order valence-corrected chi connectivity index (χ3v) is 4.77. The van der Waals surface area contributed by atoms with Crippen molar-refractivity contribution < 1.29 is 14.3 Å². The first-order chi connectivity index (χ1) is 12.9. The summed E-state index contributed by atoms with van der Waals surface area (Å²) in [6.45, 7) is 4.15. The third-order valence-electron chi connectivity index (χ3n) is 4.77. The lowest BCUT2D eigenvalue weighted by molar-refractivity contribution is -0.117. The largest absolute Gasteiger partial charge is 0.497 e. The van der Waals surface area contributed by atoms with Crippen molar-refractivity contribution in [3.05, 3.63) is 57.5 Å². The van der Waals surface area contributed by atoms with E-state index in [1.54, 1.807) is 30.2 Å². The number of hydrogen-bond acceptors (Lipinski definition) is 4. The molecular formula is C20H23N3O4. The van der Waals surface area contributed by atoms with Gasteiger partial charge < -0.3 is 19.9 Å². The Kier molecular flexibility index (Phi) is 5.30. The molecule has 3 rings (SSSR count). The van der Waals surface area contributed by atoms with E-state index < -0.39 is 11.5 Å². The molecule has 2 heterocycles. The Labute approximate surface area is 157 Å². The molecule has 0 unspecified atom stereocenters. The zero-order valence-electron chi connectivity index (χ0n) is 15.7. The van der Waals surface area contributed by atoms with Gasteiger partial charge >= 0.3 is 0 Å². The molecule has 1 aromatic carbocycles. The molecule has 1 atom stereocenters. The van der Waals surface area contributed by atoms with Gasteiger partial charge in [0.2, 0.25) is 5.91 Å². The zero-order valence-corrected chi connectivity index (χ0v) is 15.7. The monoisotopic (exact) mass is 369 g/mol. The topological polar surface area (TPSA) is 91.5 Å². The maximum atomic E-state index is 12.5. The molecule has 0 spiro atoms. The molecule has 7 heteroatoms. The maximum Gasteiger partial charge on any atom is 0.261 e. The average molecular weight is 369 g/mol. The number of methoxy groups -OCH3 is 1. The van der Waals surface area contributed by atoms with Gasteiger partial charge in [-0.25, -0.2) is 0 Å². The normalized spacial score (nSPS) is 16.5. The molecular weight excluding hydrogens is 346 g/mol. The Morgan fingerprint density at radius 1 is 1.33 bits per heavy atom. The van der Waals surface area contributed by atoms with E-state index in [0.717, 1.165) is 16.9 Å². The zero-order chi connectivity index (χ0) is 19.6. The predicted octanol–water partition coefficient (Wildman–Crippen LogP) is 1.79. The van der Waals surface area contributed by atoms with Crippen molar-refractivity contribution in [2.45, 2.75) is 32.7 Å². The van der Waals surface area contributed by atoms with Gasteiger partial charge in [0.15, 0.2) is 0 Å². The highest BCUT2D eigenvalue weighted by atomic mass is 16.5. The van der Waals surface area contributed by atoms with Crippen LogP contribution in [0.2, 0.25) is 0 Å². The van der Waals surface area contributed by atoms with Crippen molar-refractivity contribution in [3.63, 3.8) is 0 Å². The molecule has 1 saturated heterocycles. The lowest BCUT2D eigenvalue weighted by atomic mass is 10.1. The van der Waals surface area contributed by atoms with Gasteiger partial charge in [-0.1, -0.05) is 13.0 Å². The second kappa shape index (κ2) is 7.65. The third kappa shape index (κ3) is 3.86. The van der Waals surface area contributed by atoms with Gasteiger partial charge in [-0.3, -0.25) is 14.4 Å². The molecule has 0 radical (unpaired) electrons. The number of H-pyrrole nitrogens is 1. The van der Waals surface area contributed by atoms with Crippen molar-refractivity contribution in [3.8, 4) is 5.75 Å². The summed E-state index contributed by atoms with van der Waals surface area (Å²) >= 11 is 0. The van der Waals surface area contributed by atoms with Crippen LogP contribution in [0.15, 0.2) is 35.1 Å². The number of pyridine rings is 1. The quantitative estimate of drug-likeness (QED) is 0.841. The molecule has 2 N–H and O–H groups in total. The number of benzene rings is 1. The van der Waals surface area contributed by atoms with Crippen LogP contribution < -0.4 is 20.5 Å². The van der Waals surface area contributed by atoms with Crippen molar-refractivity contribution in [1.29, 1.82) is 0 Å². The summed E-state index contributed by atoms with van der Waals surface area (Å²) in [6.07, 6.45) is 0.877. The number of nitrogens with one attached hydrogen (secondary N) is 2. The Morgan fingerprint density at radius 3 is 2.81 bits per heavy atom. The van der Waals surface area contributed by atoms with E-state index in [9.17, 15) is 14.4 Å². The molecule has 27 heavy (non-hydrogen) atoms. The standard InChI is InChI=1S/C20H23N3O4/c1-4-17-12(2)8-16(20(26)22-17)19(25)21-13-9-18(24)23(11-13)14-6-5-7-15(10-14)27-3/h5-8,10,13H,4,9,11H2,1-3H3,(H,21,25)(H,22,26)/t13-/m1/s1. The van der Waals surface area contributed by atoms with E-state index >= 15 is 0 Å². The van der Waals surface area contributed by atoms with Crippen LogP contribution in [0.5, 0.6) is 5.75 Å². The molecule has 1 fully saturated rings. The summed E-state index contributed by atoms with van der Waals surface area (Å²) in [7, 11) is 1.57. The second-order valence-electron chi connectivity index (χ2n) is 6.61. The molecule has 7 nitrogen and oxygen atoms in total. The first-order valence-electron chi connectivity index (χ1n) is 8.91. The summed E-state index contributed by atoms with van der Waals surface area (Å²) in [6, 6.07) is 8.45. The maximum absolute atomic E-state index is 12.5. The van der Waals surface area contributed by atoms with Crippen LogP contribution in [-0.4, -0.2) is 36.5 Å². The number of aryl methyl sites for hydroxylation is 2. The molecule has 142 valence electrons. The molecule has 0 saturated carbocycles. The fraction of sp³-hybridized carbons (Fsp3) is 0.350. The minimum atomic E-state index is -0.465. The van der Waals surface area contributed by atoms with Crippen LogP contribution in [0.25, 0.3) is 0 Å². The van der Waals surface area contributed by atoms with Crippen LogP contribution in [0.4, 0.5) is 5.69 Å². The minimum absolute atomic E-state index is 0.0666. The van der Waals surface area contributed by atoms with Crippen molar-refractivity contribution >= 4 is 17.5 Å². The van der Waals surface area contributed by atoms with E-state index in [4.69, 9.17) is 4.74 Å². The lowest BCUT2D eigenvalue weighted by Crippen LogP contribution is -2.39. The summed E-state index contributed by atoms with van der Waals surface area (Å²) in [5.41, 5.74) is 2.05. The number of amides is 2. The first-order valence-corrected chi connectivity index (χ1v) is 8.91. The number of carbonyl (C=O) groups excluding carboxylic acids is 2. The average Bonchev–Trinajstić information content (AvgIpc) is 3.03. The van der Waals surface area contributed by atoms with Gasteiger partial charge in [0.05, 0.1) is 13.2 Å². The number of hydrogen-bond donors (Lipinski definition) is 2. The number of nitrogens with zero attached hydrogens (tertiary/aromatic N) is 1. The van der Waals surface area contributed by atoms with E-state index in [1.165, 1.54) is 0 Å². The van der Waals surface area contributed by atoms with Crippen LogP contribution in [0.3, 0.4) is 0 Å². The number of ether oxygens (including phenoxy) is 1. The summed E-state index contributed by atoms with van der Waals surface area (Å²) in [5.74, 6) is 0.109. The van der Waals surface area contributed by atoms with Gasteiger partial charge in [0.25, 0.3) is 11.5 Å². The summed E-state index contributed by atoms with van der Waals surface area (Å²) in [4.78, 5) is 41.5. The smallest absolute Gasteiger partial charge is 0.261 e. The van der Waals surface area contributed by atoms with Gasteiger partial charge in [-0.2, -0.15) is 0 Å². The van der Waals surface area contributed by atoms with E-state index in [1.807, 2.05) is 26.0 Å². The molecule has 1 aromatic heterocycles. The number of aromatic nitrogens is 1. The molecule has 0 bridgehead atoms. The molecule has 2 amide bonds. The molecule has 1 aliphatic heterocycles. The SMILES string of the molecule is CCc1[nH]c(=O)c(C(=O)N[C@@H]2CC(=O)N(c3cccc(OC)c3)C2)cc1C. The Morgan fingerprint density at radius 2 is 2.11 bits per heavy atom. The van der Waals surface area contributed by atoms with Crippen LogP contribution in [-0.2, 0) is 11.2 Å². The summed E-state index contributed by atoms with van der Waals surface area (Å²) in [5, 5.41) is 2.81. The van der Waals surface area contributed by atoms with E-state index in [2.05, 4.69) is 10.3 Å². The Balaban J connectivity index is 1.74. The Hall–Kier alpha value is -3.09. The van der Waals surface area contributed by atoms with Crippen molar-refractivity contribution in [2.75, 3.05) is 18.6 Å². The predicted molar refractivity (Wildman–Crippen MR) is 102 cm³/mol. The molecule has 1 aliphatic rings. The number of carbonyl (C=O) groups is 2. The second-order valence-corrected chi connectivity index (χ2v) is 6.61. The van der Waals surface area contributed by atoms with Crippen LogP contribution in [0, 0.1) is 6.92 Å². The highest BCUT2D eigenvalue weighted by molar-refractivity contribution is 5.99. The van der Waals surface area contributed by atoms with E-state index in [0.29, 0.717) is 18.7 Å². The fourth-order valence-corrected chi connectivity index (χ4v) is 3.30. The fourth-order valence-electron chi connectivity index (χ4n) is 3.30. The Bertz CT molecular complexity index is 935. The van der Waals surface area contributed by atoms with Gasteiger partial charge in [0.1, 0.15) is 11.3 Å². The van der Waals surface area contributed by atoms with Crippen molar-refractivity contribution in [2.24, 2.45) is 0 Å². The number of anilines is 1. The number of rotatable bonds is 5. The first kappa shape index (κ1) is 18.7.